The molecule has 1 atom stereocenters. The summed E-state index contributed by atoms with van der Waals surface area (Å²) >= 11 is 3.76. The molecule has 3 heterocycles. The molecule has 4 rings (SSSR count). The maximum absolute atomic E-state index is 12.9. The number of thioether (sulfide) groups is 1. The van der Waals surface area contributed by atoms with Crippen LogP contribution in [0.2, 0.25) is 0 Å². The fourth-order valence-electron chi connectivity index (χ4n) is 2.95. The van der Waals surface area contributed by atoms with Crippen molar-refractivity contribution >= 4 is 40.0 Å². The van der Waals surface area contributed by atoms with Gasteiger partial charge in [-0.2, -0.15) is 11.8 Å². The van der Waals surface area contributed by atoms with E-state index in [-0.39, 0.29) is 5.91 Å². The van der Waals surface area contributed by atoms with Gasteiger partial charge in [-0.15, -0.1) is 11.3 Å². The smallest absolute Gasteiger partial charge is 0.253 e. The van der Waals surface area contributed by atoms with E-state index in [1.807, 2.05) is 34.9 Å². The molecule has 4 nitrogen and oxygen atoms in total. The van der Waals surface area contributed by atoms with Crippen molar-refractivity contribution in [2.24, 2.45) is 0 Å². The molecule has 2 aromatic heterocycles. The van der Waals surface area contributed by atoms with Gasteiger partial charge in [0.2, 0.25) is 0 Å². The van der Waals surface area contributed by atoms with Crippen LogP contribution in [0.4, 0.5) is 0 Å². The summed E-state index contributed by atoms with van der Waals surface area (Å²) in [5.74, 6) is 1.07. The second-order valence-corrected chi connectivity index (χ2v) is 8.01. The Hall–Kier alpha value is -1.92. The van der Waals surface area contributed by atoms with E-state index in [9.17, 15) is 4.79 Å². The number of hydrogen-bond acceptors (Lipinski definition) is 5. The minimum Gasteiger partial charge on any atom is -0.338 e. The zero-order valence-corrected chi connectivity index (χ0v) is 14.7. The van der Waals surface area contributed by atoms with Crippen molar-refractivity contribution in [2.75, 3.05) is 18.8 Å². The van der Waals surface area contributed by atoms with Gasteiger partial charge in [0, 0.05) is 46.9 Å². The largest absolute Gasteiger partial charge is 0.338 e. The van der Waals surface area contributed by atoms with Gasteiger partial charge in [0.1, 0.15) is 0 Å². The summed E-state index contributed by atoms with van der Waals surface area (Å²) in [5, 5.41) is 2.63. The Labute approximate surface area is 148 Å². The molecule has 3 aromatic rings. The quantitative estimate of drug-likeness (QED) is 0.697. The van der Waals surface area contributed by atoms with Crippen LogP contribution < -0.4 is 0 Å². The number of thiophene rings is 1. The van der Waals surface area contributed by atoms with Crippen LogP contribution in [0.15, 0.2) is 48.1 Å². The van der Waals surface area contributed by atoms with Crippen LogP contribution in [0.5, 0.6) is 0 Å². The summed E-state index contributed by atoms with van der Waals surface area (Å²) in [5.41, 5.74) is 2.28. The second-order valence-electron chi connectivity index (χ2n) is 5.72. The molecule has 0 spiro atoms. The average molecular weight is 355 g/mol. The minimum absolute atomic E-state index is 0.0926. The zero-order chi connectivity index (χ0) is 16.4. The van der Waals surface area contributed by atoms with E-state index in [0.29, 0.717) is 10.8 Å². The number of benzene rings is 1. The monoisotopic (exact) mass is 355 g/mol. The van der Waals surface area contributed by atoms with Gasteiger partial charge < -0.3 is 4.90 Å². The third-order valence-corrected chi connectivity index (χ3v) is 6.65. The molecule has 122 valence electrons. The average Bonchev–Trinajstić information content (AvgIpc) is 3.05. The Kier molecular flexibility index (Phi) is 4.49. The first-order valence-corrected chi connectivity index (χ1v) is 9.89. The predicted octanol–water partition coefficient (Wildman–Crippen LogP) is 4.01. The van der Waals surface area contributed by atoms with Gasteiger partial charge in [-0.05, 0) is 36.1 Å². The van der Waals surface area contributed by atoms with Crippen molar-refractivity contribution in [3.8, 4) is 0 Å². The predicted molar refractivity (Wildman–Crippen MR) is 99.6 cm³/mol. The van der Waals surface area contributed by atoms with Gasteiger partial charge in [0.25, 0.3) is 5.91 Å². The highest BCUT2D eigenvalue weighted by atomic mass is 32.2. The number of carbonyl (C=O) groups is 1. The molecule has 0 radical (unpaired) electrons. The van der Waals surface area contributed by atoms with E-state index in [0.717, 1.165) is 36.3 Å². The lowest BCUT2D eigenvalue weighted by atomic mass is 10.1. The highest BCUT2D eigenvalue weighted by Gasteiger charge is 2.23. The Bertz CT molecular complexity index is 850. The summed E-state index contributed by atoms with van der Waals surface area (Å²) in [6.07, 6.45) is 4.33. The lowest BCUT2D eigenvalue weighted by molar-refractivity contribution is 0.0767. The van der Waals surface area contributed by atoms with Crippen molar-refractivity contribution in [1.29, 1.82) is 0 Å². The number of carbonyl (C=O) groups excluding carboxylic acids is 1. The van der Waals surface area contributed by atoms with Crippen molar-refractivity contribution in [1.82, 2.24) is 14.9 Å². The molecule has 1 aromatic carbocycles. The topological polar surface area (TPSA) is 46.1 Å². The van der Waals surface area contributed by atoms with E-state index in [1.54, 1.807) is 23.7 Å². The molecule has 6 heteroatoms. The third kappa shape index (κ3) is 3.16. The Morgan fingerprint density at radius 1 is 1.12 bits per heavy atom. The first-order valence-electron chi connectivity index (χ1n) is 7.96. The van der Waals surface area contributed by atoms with Crippen LogP contribution in [0.1, 0.15) is 26.9 Å². The molecule has 0 saturated carbocycles. The number of hydrogen-bond donors (Lipinski definition) is 0. The molecule has 1 amide bonds. The lowest BCUT2D eigenvalue weighted by Crippen LogP contribution is -2.32. The highest BCUT2D eigenvalue weighted by molar-refractivity contribution is 7.99. The summed E-state index contributed by atoms with van der Waals surface area (Å²) < 4.78 is 0. The fourth-order valence-corrected chi connectivity index (χ4v) is 5.19. The number of aromatic nitrogens is 2. The molecule has 1 aliphatic heterocycles. The van der Waals surface area contributed by atoms with Crippen molar-refractivity contribution in [3.63, 3.8) is 0 Å². The fraction of sp³-hybridized carbons (Fsp3) is 0.278. The zero-order valence-electron chi connectivity index (χ0n) is 13.1. The van der Waals surface area contributed by atoms with Crippen LogP contribution in [0.25, 0.3) is 11.0 Å². The molecule has 1 fully saturated rings. The minimum atomic E-state index is 0.0926. The van der Waals surface area contributed by atoms with Crippen molar-refractivity contribution in [2.45, 2.75) is 11.7 Å². The first kappa shape index (κ1) is 15.6. The first-order chi connectivity index (χ1) is 11.8. The van der Waals surface area contributed by atoms with Crippen LogP contribution in [0, 0.1) is 0 Å². The molecule has 0 bridgehead atoms. The normalized spacial score (nSPS) is 18.5. The number of rotatable bonds is 2. The highest BCUT2D eigenvalue weighted by Crippen LogP contribution is 2.36. The van der Waals surface area contributed by atoms with Gasteiger partial charge in [-0.3, -0.25) is 14.8 Å². The standard InChI is InChI=1S/C18H17N3OS2/c22-18(13-3-4-14-15(12-13)20-7-6-19-14)21-8-5-17(24-11-9-21)16-2-1-10-23-16/h1-4,6-7,10,12,17H,5,8-9,11H2. The van der Waals surface area contributed by atoms with Crippen LogP contribution in [-0.2, 0) is 0 Å². The molecule has 1 saturated heterocycles. The molecular formula is C18H17N3OS2. The summed E-state index contributed by atoms with van der Waals surface area (Å²) in [6.45, 7) is 1.59. The van der Waals surface area contributed by atoms with Gasteiger partial charge in [0.05, 0.1) is 11.0 Å². The van der Waals surface area contributed by atoms with Crippen LogP contribution in [0.3, 0.4) is 0 Å². The number of amides is 1. The summed E-state index contributed by atoms with van der Waals surface area (Å²) in [4.78, 5) is 24.8. The molecule has 1 unspecified atom stereocenters. The molecule has 0 aliphatic carbocycles. The van der Waals surface area contributed by atoms with Gasteiger partial charge in [-0.1, -0.05) is 6.07 Å². The van der Waals surface area contributed by atoms with E-state index in [4.69, 9.17) is 0 Å². The van der Waals surface area contributed by atoms with Gasteiger partial charge >= 0.3 is 0 Å². The summed E-state index contributed by atoms with van der Waals surface area (Å²) in [6, 6.07) is 9.87. The third-order valence-electron chi connectivity index (χ3n) is 4.21. The number of nitrogens with zero attached hydrogens (tertiary/aromatic N) is 3. The maximum Gasteiger partial charge on any atom is 0.253 e. The van der Waals surface area contributed by atoms with Crippen LogP contribution in [-0.4, -0.2) is 39.6 Å². The molecular weight excluding hydrogens is 338 g/mol. The second kappa shape index (κ2) is 6.91. The lowest BCUT2D eigenvalue weighted by Gasteiger charge is -2.20. The Morgan fingerprint density at radius 3 is 2.83 bits per heavy atom. The van der Waals surface area contributed by atoms with Crippen molar-refractivity contribution < 1.29 is 4.79 Å². The molecule has 24 heavy (non-hydrogen) atoms. The molecule has 1 aliphatic rings. The SMILES string of the molecule is O=C(c1ccc2nccnc2c1)N1CCSC(c2cccs2)CC1. The summed E-state index contributed by atoms with van der Waals surface area (Å²) in [7, 11) is 0. The van der Waals surface area contributed by atoms with Gasteiger partial charge in [-0.25, -0.2) is 0 Å². The van der Waals surface area contributed by atoms with E-state index in [2.05, 4.69) is 27.5 Å². The van der Waals surface area contributed by atoms with Crippen LogP contribution >= 0.6 is 23.1 Å². The van der Waals surface area contributed by atoms with E-state index in [1.165, 1.54) is 4.88 Å². The Balaban J connectivity index is 1.51. The van der Waals surface area contributed by atoms with Gasteiger partial charge in [0.15, 0.2) is 0 Å². The van der Waals surface area contributed by atoms with E-state index < -0.39 is 0 Å². The Morgan fingerprint density at radius 2 is 2.00 bits per heavy atom. The van der Waals surface area contributed by atoms with Crippen molar-refractivity contribution in [3.05, 3.63) is 58.5 Å². The maximum atomic E-state index is 12.9. The number of fused-ring (bicyclic) bond motifs is 1. The van der Waals surface area contributed by atoms with E-state index >= 15 is 0 Å². The molecule has 0 N–H and O–H groups in total.